The molecule has 0 bridgehead atoms. The summed E-state index contributed by atoms with van der Waals surface area (Å²) in [5.41, 5.74) is 2.30. The van der Waals surface area contributed by atoms with Gasteiger partial charge >= 0.3 is 0 Å². The van der Waals surface area contributed by atoms with Crippen molar-refractivity contribution < 1.29 is 5.11 Å². The lowest BCUT2D eigenvalue weighted by Gasteiger charge is -2.39. The van der Waals surface area contributed by atoms with Crippen molar-refractivity contribution in [1.82, 2.24) is 14.5 Å². The number of para-hydroxylation sites is 1. The van der Waals surface area contributed by atoms with Gasteiger partial charge in [-0.2, -0.15) is 0 Å². The van der Waals surface area contributed by atoms with Crippen LogP contribution in [0, 0.1) is 0 Å². The van der Waals surface area contributed by atoms with Gasteiger partial charge in [-0.15, -0.1) is 0 Å². The van der Waals surface area contributed by atoms with Gasteiger partial charge < -0.3 is 5.11 Å². The number of hydrogen-bond acceptors (Lipinski definition) is 4. The van der Waals surface area contributed by atoms with Gasteiger partial charge in [-0.05, 0) is 37.5 Å². The summed E-state index contributed by atoms with van der Waals surface area (Å²) in [6.45, 7) is 6.98. The molecule has 1 fully saturated rings. The van der Waals surface area contributed by atoms with Crippen LogP contribution < -0.4 is 5.56 Å². The van der Waals surface area contributed by atoms with E-state index >= 15 is 0 Å². The second kappa shape index (κ2) is 9.16. The molecule has 0 aliphatic carbocycles. The van der Waals surface area contributed by atoms with Crippen LogP contribution in [0.5, 0.6) is 0 Å². The Bertz CT molecular complexity index is 1130. The van der Waals surface area contributed by atoms with Crippen LogP contribution in [0.15, 0.2) is 65.0 Å². The number of aryl methyl sites for hydroxylation is 1. The summed E-state index contributed by atoms with van der Waals surface area (Å²) in [6.07, 6.45) is 4.17. The highest BCUT2D eigenvalue weighted by Crippen LogP contribution is 2.25. The van der Waals surface area contributed by atoms with Crippen molar-refractivity contribution >= 4 is 17.0 Å². The van der Waals surface area contributed by atoms with Crippen molar-refractivity contribution in [2.75, 3.05) is 19.6 Å². The van der Waals surface area contributed by atoms with Gasteiger partial charge in [-0.3, -0.25) is 14.3 Å². The Morgan fingerprint density at radius 1 is 1.10 bits per heavy atom. The lowest BCUT2D eigenvalue weighted by atomic mass is 9.90. The van der Waals surface area contributed by atoms with E-state index in [0.29, 0.717) is 31.2 Å². The molecule has 2 heterocycles. The number of aromatic nitrogens is 2. The quantitative estimate of drug-likeness (QED) is 0.661. The Labute approximate surface area is 183 Å². The number of rotatable bonds is 6. The molecule has 0 unspecified atom stereocenters. The molecule has 1 aromatic heterocycles. The van der Waals surface area contributed by atoms with Gasteiger partial charge in [-0.25, -0.2) is 4.98 Å². The van der Waals surface area contributed by atoms with Crippen molar-refractivity contribution in [3.63, 3.8) is 0 Å². The fourth-order valence-electron chi connectivity index (χ4n) is 4.46. The third kappa shape index (κ3) is 4.94. The highest BCUT2D eigenvalue weighted by molar-refractivity contribution is 5.77. The summed E-state index contributed by atoms with van der Waals surface area (Å²) in [7, 11) is 0. The highest BCUT2D eigenvalue weighted by atomic mass is 16.3. The van der Waals surface area contributed by atoms with E-state index in [2.05, 4.69) is 35.0 Å². The second-order valence-electron chi connectivity index (χ2n) is 8.69. The molecule has 1 aliphatic heterocycles. The summed E-state index contributed by atoms with van der Waals surface area (Å²) in [5.74, 6) is 0.737. The van der Waals surface area contributed by atoms with Crippen LogP contribution in [0.4, 0.5) is 0 Å². The average Bonchev–Trinajstić information content (AvgIpc) is 2.78. The van der Waals surface area contributed by atoms with Crippen LogP contribution in [0.3, 0.4) is 0 Å². The van der Waals surface area contributed by atoms with E-state index < -0.39 is 5.60 Å². The predicted octanol–water partition coefficient (Wildman–Crippen LogP) is 3.89. The molecule has 1 aliphatic rings. The zero-order chi connectivity index (χ0) is 21.8. The molecule has 0 atom stereocenters. The maximum Gasteiger partial charge on any atom is 0.261 e. The topological polar surface area (TPSA) is 58.4 Å². The summed E-state index contributed by atoms with van der Waals surface area (Å²) in [5, 5.41) is 11.9. The molecule has 162 valence electrons. The Hall–Kier alpha value is -2.76. The lowest BCUT2D eigenvalue weighted by molar-refractivity contribution is -0.0335. The molecule has 2 aromatic carbocycles. The van der Waals surface area contributed by atoms with Gasteiger partial charge in [0.1, 0.15) is 5.82 Å². The number of hydrogen-bond donors (Lipinski definition) is 1. The summed E-state index contributed by atoms with van der Waals surface area (Å²) in [6, 6.07) is 17.8. The lowest BCUT2D eigenvalue weighted by Crippen LogP contribution is -2.48. The molecule has 0 amide bonds. The molecule has 0 saturated carbocycles. The van der Waals surface area contributed by atoms with Gasteiger partial charge in [0.2, 0.25) is 0 Å². The minimum Gasteiger partial charge on any atom is -0.388 e. The molecular weight excluding hydrogens is 386 g/mol. The van der Waals surface area contributed by atoms with Crippen molar-refractivity contribution in [2.45, 2.75) is 45.3 Å². The van der Waals surface area contributed by atoms with Gasteiger partial charge in [0.25, 0.3) is 5.56 Å². The molecule has 1 saturated heterocycles. The van der Waals surface area contributed by atoms with Crippen LogP contribution in [-0.4, -0.2) is 44.8 Å². The van der Waals surface area contributed by atoms with Crippen LogP contribution in [-0.2, 0) is 13.0 Å². The van der Waals surface area contributed by atoms with Crippen LogP contribution in [0.25, 0.3) is 17.0 Å². The molecule has 3 aromatic rings. The average molecular weight is 418 g/mol. The maximum absolute atomic E-state index is 13.1. The highest BCUT2D eigenvalue weighted by Gasteiger charge is 2.33. The first-order valence-corrected chi connectivity index (χ1v) is 11.1. The first-order chi connectivity index (χ1) is 15.0. The van der Waals surface area contributed by atoms with E-state index in [1.54, 1.807) is 4.57 Å². The number of piperidine rings is 1. The zero-order valence-electron chi connectivity index (χ0n) is 18.4. The van der Waals surface area contributed by atoms with Crippen molar-refractivity contribution in [1.29, 1.82) is 0 Å². The van der Waals surface area contributed by atoms with Crippen molar-refractivity contribution in [3.8, 4) is 0 Å². The SMILES string of the molecule is CCc1nc2ccccc2c(=O)n1CC1(O)CCN(C/C(C)=C/c2ccccc2)CC1. The number of benzene rings is 2. The molecule has 1 N–H and O–H groups in total. The molecule has 31 heavy (non-hydrogen) atoms. The molecule has 5 heteroatoms. The number of fused-ring (bicyclic) bond motifs is 1. The summed E-state index contributed by atoms with van der Waals surface area (Å²) in [4.78, 5) is 20.2. The first kappa shape index (κ1) is 21.5. The van der Waals surface area contributed by atoms with Gasteiger partial charge in [-0.1, -0.05) is 61.0 Å². The minimum atomic E-state index is -0.883. The Balaban J connectivity index is 1.45. The molecule has 4 rings (SSSR count). The fourth-order valence-corrected chi connectivity index (χ4v) is 4.46. The number of likely N-dealkylation sites (tertiary alicyclic amines) is 1. The zero-order valence-corrected chi connectivity index (χ0v) is 18.4. The summed E-state index contributed by atoms with van der Waals surface area (Å²) >= 11 is 0. The van der Waals surface area contributed by atoms with Crippen LogP contribution in [0.1, 0.15) is 38.1 Å². The predicted molar refractivity (Wildman–Crippen MR) is 126 cm³/mol. The van der Waals surface area contributed by atoms with E-state index in [-0.39, 0.29) is 5.56 Å². The third-order valence-corrected chi connectivity index (χ3v) is 6.18. The van der Waals surface area contributed by atoms with Gasteiger partial charge in [0.15, 0.2) is 0 Å². The van der Waals surface area contributed by atoms with E-state index in [1.165, 1.54) is 11.1 Å². The normalized spacial score (nSPS) is 17.2. The van der Waals surface area contributed by atoms with Crippen LogP contribution >= 0.6 is 0 Å². The largest absolute Gasteiger partial charge is 0.388 e. The molecule has 0 spiro atoms. The monoisotopic (exact) mass is 417 g/mol. The van der Waals surface area contributed by atoms with Gasteiger partial charge in [0.05, 0.1) is 23.0 Å². The summed E-state index contributed by atoms with van der Waals surface area (Å²) < 4.78 is 1.69. The molecular formula is C26H31N3O2. The van der Waals surface area contributed by atoms with E-state index in [9.17, 15) is 9.90 Å². The molecule has 0 radical (unpaired) electrons. The standard InChI is InChI=1S/C26H31N3O2/c1-3-24-27-23-12-8-7-11-22(23)25(30)29(24)19-26(31)13-15-28(16-14-26)18-20(2)17-21-9-5-4-6-10-21/h4-12,17,31H,3,13-16,18-19H2,1-2H3/b20-17+. The maximum atomic E-state index is 13.1. The fraction of sp³-hybridized carbons (Fsp3) is 0.385. The van der Waals surface area contributed by atoms with Crippen molar-refractivity contribution in [2.24, 2.45) is 0 Å². The number of nitrogens with zero attached hydrogens (tertiary/aromatic N) is 3. The third-order valence-electron chi connectivity index (χ3n) is 6.18. The smallest absolute Gasteiger partial charge is 0.261 e. The van der Waals surface area contributed by atoms with Crippen molar-refractivity contribution in [3.05, 3.63) is 81.9 Å². The second-order valence-corrected chi connectivity index (χ2v) is 8.69. The van der Waals surface area contributed by atoms with Crippen LogP contribution in [0.2, 0.25) is 0 Å². The van der Waals surface area contributed by atoms with Gasteiger partial charge in [0, 0.05) is 26.1 Å². The first-order valence-electron chi connectivity index (χ1n) is 11.1. The number of aliphatic hydroxyl groups is 1. The van der Waals surface area contributed by atoms with E-state index in [4.69, 9.17) is 0 Å². The Kier molecular flexibility index (Phi) is 6.35. The van der Waals surface area contributed by atoms with E-state index in [0.717, 1.165) is 31.0 Å². The molecule has 5 nitrogen and oxygen atoms in total. The Morgan fingerprint density at radius 2 is 1.77 bits per heavy atom. The Morgan fingerprint density at radius 3 is 2.48 bits per heavy atom. The van der Waals surface area contributed by atoms with E-state index in [1.807, 2.05) is 49.4 Å². The minimum absolute atomic E-state index is 0.0556.